The summed E-state index contributed by atoms with van der Waals surface area (Å²) in [6.45, 7) is 2.35. The number of H-pyrrole nitrogens is 1. The first kappa shape index (κ1) is 16.2. The van der Waals surface area contributed by atoms with Gasteiger partial charge in [-0.2, -0.15) is 4.98 Å². The van der Waals surface area contributed by atoms with Crippen molar-refractivity contribution in [2.45, 2.75) is 19.3 Å². The molecular formula is C16H19N9O. The monoisotopic (exact) mass is 353 g/mol. The number of anilines is 3. The van der Waals surface area contributed by atoms with Gasteiger partial charge in [0.05, 0.1) is 6.20 Å². The minimum atomic E-state index is 0.253. The fraction of sp³-hybridized carbons (Fsp3) is 0.375. The number of hydrogen-bond donors (Lipinski definition) is 3. The standard InChI is InChI=1S/C16H19N9O/c26-12-3-1-7-25(12)8-2-4-19-14-13-15(21-10-20-14)24-16(23-13)22-11-9-17-5-6-18-11/h5-6,9-10H,1-4,7-8H2,(H3,18,19,20,21,22,23,24). The minimum Gasteiger partial charge on any atom is -0.368 e. The Morgan fingerprint density at radius 2 is 2.19 bits per heavy atom. The van der Waals surface area contributed by atoms with E-state index in [2.05, 4.69) is 40.5 Å². The first-order chi connectivity index (χ1) is 12.8. The predicted octanol–water partition coefficient (Wildman–Crippen LogP) is 1.31. The van der Waals surface area contributed by atoms with Crippen LogP contribution in [0.2, 0.25) is 0 Å². The van der Waals surface area contributed by atoms with E-state index < -0.39 is 0 Å². The lowest BCUT2D eigenvalue weighted by atomic mass is 10.3. The molecule has 134 valence electrons. The van der Waals surface area contributed by atoms with E-state index in [0.717, 1.165) is 31.4 Å². The lowest BCUT2D eigenvalue weighted by Crippen LogP contribution is -2.27. The SMILES string of the molecule is O=C1CCCN1CCCNc1ncnc2nc(Nc3cnccn3)[nH]c12. The highest BCUT2D eigenvalue weighted by Crippen LogP contribution is 2.20. The Balaban J connectivity index is 1.40. The molecule has 3 N–H and O–H groups in total. The quantitative estimate of drug-likeness (QED) is 0.543. The van der Waals surface area contributed by atoms with Crippen molar-refractivity contribution in [2.24, 2.45) is 0 Å². The highest BCUT2D eigenvalue weighted by atomic mass is 16.2. The van der Waals surface area contributed by atoms with Crippen LogP contribution in [0.1, 0.15) is 19.3 Å². The molecule has 0 unspecified atom stereocenters. The molecule has 3 aromatic heterocycles. The van der Waals surface area contributed by atoms with E-state index in [-0.39, 0.29) is 5.91 Å². The number of rotatable bonds is 7. The van der Waals surface area contributed by atoms with Gasteiger partial charge >= 0.3 is 0 Å². The molecule has 0 aliphatic carbocycles. The highest BCUT2D eigenvalue weighted by Gasteiger charge is 2.19. The molecule has 4 rings (SSSR count). The second-order valence-corrected chi connectivity index (χ2v) is 5.99. The Labute approximate surface area is 149 Å². The third kappa shape index (κ3) is 3.53. The number of aromatic amines is 1. The third-order valence-electron chi connectivity index (χ3n) is 4.17. The maximum atomic E-state index is 11.6. The van der Waals surface area contributed by atoms with Crippen LogP contribution in [-0.2, 0) is 4.79 Å². The van der Waals surface area contributed by atoms with Crippen molar-refractivity contribution >= 4 is 34.7 Å². The Kier molecular flexibility index (Phi) is 4.54. The van der Waals surface area contributed by atoms with Gasteiger partial charge in [-0.25, -0.2) is 15.0 Å². The Morgan fingerprint density at radius 3 is 3.00 bits per heavy atom. The summed E-state index contributed by atoms with van der Waals surface area (Å²) in [5, 5.41) is 6.34. The van der Waals surface area contributed by atoms with Gasteiger partial charge in [0.15, 0.2) is 17.3 Å². The number of amides is 1. The fourth-order valence-corrected chi connectivity index (χ4v) is 2.92. The number of carbonyl (C=O) groups excluding carboxylic acids is 1. The van der Waals surface area contributed by atoms with Gasteiger partial charge in [0.1, 0.15) is 11.8 Å². The van der Waals surface area contributed by atoms with Gasteiger partial charge in [0.25, 0.3) is 0 Å². The van der Waals surface area contributed by atoms with Crippen molar-refractivity contribution < 1.29 is 4.79 Å². The minimum absolute atomic E-state index is 0.253. The van der Waals surface area contributed by atoms with Gasteiger partial charge in [0.2, 0.25) is 11.9 Å². The van der Waals surface area contributed by atoms with Gasteiger partial charge in [0, 0.05) is 38.4 Å². The molecule has 0 saturated carbocycles. The summed E-state index contributed by atoms with van der Waals surface area (Å²) in [7, 11) is 0. The summed E-state index contributed by atoms with van der Waals surface area (Å²) in [6, 6.07) is 0. The van der Waals surface area contributed by atoms with Crippen molar-refractivity contribution in [1.29, 1.82) is 0 Å². The van der Waals surface area contributed by atoms with Gasteiger partial charge in [-0.05, 0) is 12.8 Å². The van der Waals surface area contributed by atoms with Crippen molar-refractivity contribution in [3.05, 3.63) is 24.9 Å². The predicted molar refractivity (Wildman–Crippen MR) is 95.9 cm³/mol. The molecular weight excluding hydrogens is 334 g/mol. The summed E-state index contributed by atoms with van der Waals surface area (Å²) in [5.41, 5.74) is 1.28. The second-order valence-electron chi connectivity index (χ2n) is 5.99. The number of likely N-dealkylation sites (tertiary alicyclic amines) is 1. The summed E-state index contributed by atoms with van der Waals surface area (Å²) in [6.07, 6.45) is 8.79. The number of imidazole rings is 1. The number of fused-ring (bicyclic) bond motifs is 1. The van der Waals surface area contributed by atoms with Crippen molar-refractivity contribution in [1.82, 2.24) is 34.8 Å². The van der Waals surface area contributed by atoms with Gasteiger partial charge in [-0.1, -0.05) is 0 Å². The van der Waals surface area contributed by atoms with E-state index >= 15 is 0 Å². The Hall–Kier alpha value is -3.30. The van der Waals surface area contributed by atoms with Crippen LogP contribution in [0.25, 0.3) is 11.2 Å². The van der Waals surface area contributed by atoms with Crippen LogP contribution >= 0.6 is 0 Å². The zero-order valence-corrected chi connectivity index (χ0v) is 14.1. The third-order valence-corrected chi connectivity index (χ3v) is 4.17. The van der Waals surface area contributed by atoms with Crippen LogP contribution in [-0.4, -0.2) is 60.3 Å². The molecule has 1 fully saturated rings. The molecule has 10 nitrogen and oxygen atoms in total. The van der Waals surface area contributed by atoms with Crippen LogP contribution in [0.15, 0.2) is 24.9 Å². The number of aromatic nitrogens is 6. The average molecular weight is 353 g/mol. The van der Waals surface area contributed by atoms with Crippen molar-refractivity contribution in [3.8, 4) is 0 Å². The largest absolute Gasteiger partial charge is 0.368 e. The number of nitrogens with one attached hydrogen (secondary N) is 3. The number of carbonyl (C=O) groups is 1. The van der Waals surface area contributed by atoms with E-state index in [4.69, 9.17) is 0 Å². The first-order valence-electron chi connectivity index (χ1n) is 8.55. The lowest BCUT2D eigenvalue weighted by molar-refractivity contribution is -0.127. The Morgan fingerprint density at radius 1 is 1.23 bits per heavy atom. The summed E-state index contributed by atoms with van der Waals surface area (Å²) in [4.78, 5) is 37.7. The zero-order chi connectivity index (χ0) is 17.8. The van der Waals surface area contributed by atoms with Crippen LogP contribution in [0.3, 0.4) is 0 Å². The lowest BCUT2D eigenvalue weighted by Gasteiger charge is -2.15. The summed E-state index contributed by atoms with van der Waals surface area (Å²) in [5.74, 6) is 2.04. The van der Waals surface area contributed by atoms with Crippen molar-refractivity contribution in [3.63, 3.8) is 0 Å². The molecule has 3 aromatic rings. The van der Waals surface area contributed by atoms with Gasteiger partial charge < -0.3 is 20.5 Å². The molecule has 1 aliphatic rings. The molecule has 0 aromatic carbocycles. The van der Waals surface area contributed by atoms with E-state index in [9.17, 15) is 4.79 Å². The molecule has 10 heteroatoms. The van der Waals surface area contributed by atoms with Gasteiger partial charge in [-0.15, -0.1) is 0 Å². The van der Waals surface area contributed by atoms with E-state index in [0.29, 0.717) is 36.2 Å². The molecule has 0 radical (unpaired) electrons. The molecule has 1 amide bonds. The van der Waals surface area contributed by atoms with E-state index in [1.165, 1.54) is 6.33 Å². The molecule has 0 atom stereocenters. The molecule has 1 aliphatic heterocycles. The van der Waals surface area contributed by atoms with E-state index in [1.54, 1.807) is 18.6 Å². The van der Waals surface area contributed by atoms with Crippen LogP contribution in [0, 0.1) is 0 Å². The van der Waals surface area contributed by atoms with E-state index in [1.807, 2.05) is 4.90 Å². The fourth-order valence-electron chi connectivity index (χ4n) is 2.92. The number of hydrogen-bond acceptors (Lipinski definition) is 8. The molecule has 26 heavy (non-hydrogen) atoms. The number of nitrogens with zero attached hydrogens (tertiary/aromatic N) is 6. The van der Waals surface area contributed by atoms with Crippen LogP contribution < -0.4 is 10.6 Å². The van der Waals surface area contributed by atoms with Crippen molar-refractivity contribution in [2.75, 3.05) is 30.3 Å². The van der Waals surface area contributed by atoms with Crippen LogP contribution in [0.4, 0.5) is 17.6 Å². The van der Waals surface area contributed by atoms with Gasteiger partial charge in [-0.3, -0.25) is 9.78 Å². The van der Waals surface area contributed by atoms with Crippen LogP contribution in [0.5, 0.6) is 0 Å². The smallest absolute Gasteiger partial charge is 0.222 e. The summed E-state index contributed by atoms with van der Waals surface area (Å²) < 4.78 is 0. The topological polar surface area (TPSA) is 125 Å². The second kappa shape index (κ2) is 7.30. The molecule has 0 spiro atoms. The highest BCUT2D eigenvalue weighted by molar-refractivity contribution is 5.84. The average Bonchev–Trinajstić information content (AvgIpc) is 3.25. The first-order valence-corrected chi connectivity index (χ1v) is 8.55. The molecule has 1 saturated heterocycles. The molecule has 0 bridgehead atoms. The Bertz CT molecular complexity index is 895. The summed E-state index contributed by atoms with van der Waals surface area (Å²) >= 11 is 0. The maximum Gasteiger partial charge on any atom is 0.222 e. The normalized spacial score (nSPS) is 14.2. The zero-order valence-electron chi connectivity index (χ0n) is 14.1. The molecule has 4 heterocycles. The maximum absolute atomic E-state index is 11.6.